The van der Waals surface area contributed by atoms with Crippen molar-refractivity contribution in [1.82, 2.24) is 0 Å². The van der Waals surface area contributed by atoms with Gasteiger partial charge in [-0.1, -0.05) is 56.4 Å². The van der Waals surface area contributed by atoms with Crippen molar-refractivity contribution < 1.29 is 105 Å². The zero-order valence-electron chi connectivity index (χ0n) is 63.4. The second-order valence-electron chi connectivity index (χ2n) is 35.7. The summed E-state index contributed by atoms with van der Waals surface area (Å²) in [6.45, 7) is 36.3. The van der Waals surface area contributed by atoms with Crippen molar-refractivity contribution in [3.63, 3.8) is 0 Å². The lowest BCUT2D eigenvalue weighted by molar-refractivity contribution is -0.176. The first-order valence-corrected chi connectivity index (χ1v) is 38.6. The van der Waals surface area contributed by atoms with Gasteiger partial charge in [-0.15, -0.1) is 0 Å². The van der Waals surface area contributed by atoms with Crippen molar-refractivity contribution in [2.24, 2.45) is 151 Å². The lowest BCUT2D eigenvalue weighted by Crippen LogP contribution is -2.47. The zero-order chi connectivity index (χ0) is 73.7. The molecule has 10 saturated carbocycles. The average molecular weight is 1450 g/mol. The van der Waals surface area contributed by atoms with Gasteiger partial charge in [-0.25, -0.2) is 0 Å². The van der Waals surface area contributed by atoms with Gasteiger partial charge in [0.2, 0.25) is 0 Å². The maximum absolute atomic E-state index is 12.5. The molecule has 0 N–H and O–H groups in total. The summed E-state index contributed by atoms with van der Waals surface area (Å²) in [5.74, 6) is 3.25. The van der Waals surface area contributed by atoms with E-state index in [2.05, 4.69) is 6.92 Å². The minimum atomic E-state index is -0.486. The van der Waals surface area contributed by atoms with Gasteiger partial charge in [0.05, 0.1) is 102 Å². The van der Waals surface area contributed by atoms with Gasteiger partial charge in [0.15, 0.2) is 0 Å². The maximum atomic E-state index is 12.5. The van der Waals surface area contributed by atoms with Crippen LogP contribution in [0.25, 0.3) is 0 Å². The van der Waals surface area contributed by atoms with Gasteiger partial charge in [0, 0.05) is 84.7 Å². The lowest BCUT2D eigenvalue weighted by Gasteiger charge is -2.36. The Bertz CT molecular complexity index is 3150. The molecule has 28 atom stereocenters. The van der Waals surface area contributed by atoms with Crippen LogP contribution in [-0.4, -0.2) is 149 Å². The molecule has 0 amide bonds. The molecule has 0 aromatic heterocycles. The van der Waals surface area contributed by atoms with Crippen molar-refractivity contribution in [2.45, 2.75) is 252 Å². The smallest absolute Gasteiger partial charge is 0.311 e. The van der Waals surface area contributed by atoms with E-state index in [1.165, 1.54) is 0 Å². The standard InChI is InChI=1S/C17H26O5.C16H24O5.C16H24O4.2C15H22O4.2CH4/c1-5-17(3,4)16(19)22-14-9-7-10(13(14)20-6-2)12-11(9)8-21-15(12)18;1-5-16(2,3)15(18)21-13-8-6-9(12(13)19-4)11-10(8)7-20-14(11)17;1-5-16(3,4)15(18)20-13-8(2)9-6-10(13)11-7-19-14(17)12(9)11;1-4-15(2,3)14(17)19-11-6-8-5-9(11)10-7-18-13(16)12(8)10;1-4-15(2,3)14(17)19-11-6-8-5-9(11)12-10(8)7-18-13(12)16;;/h9-14H,5-8H2,1-4H3;8-13H,5-7H2,1-4H3;8-13H,5-7H2,1-4H3;2*8-12H,4-7H2,1-3H3;2*1H4. The monoisotopic (exact) mass is 1450 g/mol. The number of rotatable bonds is 18. The number of methoxy groups -OCH3 is 1. The Hall–Kier alpha value is -5.38. The molecule has 28 unspecified atom stereocenters. The molecule has 22 heteroatoms. The number of fused-ring (bicyclic) bond motifs is 25. The fourth-order valence-corrected chi connectivity index (χ4v) is 20.4. The third kappa shape index (κ3) is 14.8. The highest BCUT2D eigenvalue weighted by Crippen LogP contribution is 2.62. The maximum Gasteiger partial charge on any atom is 0.311 e. The summed E-state index contributed by atoms with van der Waals surface area (Å²) in [6, 6.07) is 0. The number of hydrogen-bond acceptors (Lipinski definition) is 22. The van der Waals surface area contributed by atoms with E-state index in [9.17, 15) is 47.9 Å². The molecule has 22 nitrogen and oxygen atoms in total. The van der Waals surface area contributed by atoms with E-state index in [0.717, 1.165) is 77.0 Å². The SMILES string of the molecule is C.C.CCC(C)(C)C(=O)OC1C(C)C2CC1C1COC(=O)C21.CCC(C)(C)C(=O)OC1C2CC(C1OC)C1C(=O)OCC21.CCC(C)(C)C(=O)OC1CC2CC1C1C(=O)OCC21.CCC(C)(C)C(=O)OC1CC2CC1C1COC(=O)C21.CCOC1C2CC(C3COC(=O)C32)C1OC(=O)C(C)(C)CC. The van der Waals surface area contributed by atoms with Crippen LogP contribution in [0.1, 0.15) is 210 Å². The fraction of sp³-hybridized carbons (Fsp3) is 0.877. The van der Waals surface area contributed by atoms with E-state index in [-0.39, 0.29) is 206 Å². The van der Waals surface area contributed by atoms with Crippen LogP contribution < -0.4 is 0 Å². The molecule has 582 valence electrons. The van der Waals surface area contributed by atoms with Crippen LogP contribution >= 0.6 is 0 Å². The first kappa shape index (κ1) is 81.7. The van der Waals surface area contributed by atoms with Crippen molar-refractivity contribution in [2.75, 3.05) is 46.8 Å². The molecule has 15 rings (SSSR count). The highest BCUT2D eigenvalue weighted by atomic mass is 16.6. The second-order valence-corrected chi connectivity index (χ2v) is 35.7. The molecule has 5 saturated heterocycles. The molecule has 0 spiro atoms. The molecular weight excluding hydrogens is 1320 g/mol. The predicted molar refractivity (Wildman–Crippen MR) is 376 cm³/mol. The number of ether oxygens (including phenoxy) is 12. The van der Waals surface area contributed by atoms with Gasteiger partial charge in [-0.2, -0.15) is 0 Å². The summed E-state index contributed by atoms with van der Waals surface area (Å²) in [6.07, 6.45) is 9.45. The van der Waals surface area contributed by atoms with Crippen LogP contribution in [0.5, 0.6) is 0 Å². The first-order chi connectivity index (χ1) is 47.5. The molecule has 10 bridgehead atoms. The van der Waals surface area contributed by atoms with Crippen molar-refractivity contribution in [1.29, 1.82) is 0 Å². The summed E-state index contributed by atoms with van der Waals surface area (Å²) < 4.78 is 66.4. The topological polar surface area (TPSA) is 281 Å². The number of esters is 10. The predicted octanol–water partition coefficient (Wildman–Crippen LogP) is 12.0. The van der Waals surface area contributed by atoms with E-state index in [4.69, 9.17) is 56.8 Å². The Morgan fingerprint density at radius 1 is 0.330 bits per heavy atom. The van der Waals surface area contributed by atoms with Crippen molar-refractivity contribution in [3.05, 3.63) is 0 Å². The highest BCUT2D eigenvalue weighted by Gasteiger charge is 2.69. The molecule has 5 aliphatic heterocycles. The van der Waals surface area contributed by atoms with Gasteiger partial charge in [-0.3, -0.25) is 47.9 Å². The normalized spacial score (nSPS) is 39.9. The van der Waals surface area contributed by atoms with Gasteiger partial charge in [0.25, 0.3) is 0 Å². The minimum Gasteiger partial charge on any atom is -0.465 e. The molecule has 15 fully saturated rings. The zero-order valence-corrected chi connectivity index (χ0v) is 63.4. The van der Waals surface area contributed by atoms with E-state index >= 15 is 0 Å². The Morgan fingerprint density at radius 2 is 0.631 bits per heavy atom. The molecule has 0 radical (unpaired) electrons. The molecule has 0 aromatic carbocycles. The highest BCUT2D eigenvalue weighted by molar-refractivity contribution is 5.81. The summed E-state index contributed by atoms with van der Waals surface area (Å²) in [4.78, 5) is 120. The van der Waals surface area contributed by atoms with Crippen LogP contribution in [0.4, 0.5) is 0 Å². The van der Waals surface area contributed by atoms with Crippen LogP contribution in [0, 0.1) is 151 Å². The summed E-state index contributed by atoms with van der Waals surface area (Å²) in [7, 11) is 1.63. The van der Waals surface area contributed by atoms with E-state index in [0.29, 0.717) is 75.1 Å². The van der Waals surface area contributed by atoms with Crippen molar-refractivity contribution >= 4 is 59.7 Å². The minimum absolute atomic E-state index is 0. The van der Waals surface area contributed by atoms with Crippen molar-refractivity contribution in [3.8, 4) is 0 Å². The molecular formula is C81H126O22. The van der Waals surface area contributed by atoms with E-state index < -0.39 is 27.1 Å². The summed E-state index contributed by atoms with van der Waals surface area (Å²) in [5, 5.41) is 0. The third-order valence-electron chi connectivity index (χ3n) is 28.7. The molecule has 5 heterocycles. The van der Waals surface area contributed by atoms with Gasteiger partial charge < -0.3 is 56.8 Å². The molecule has 10 aliphatic carbocycles. The van der Waals surface area contributed by atoms with Crippen LogP contribution in [0.3, 0.4) is 0 Å². The Labute approximate surface area is 612 Å². The van der Waals surface area contributed by atoms with E-state index in [1.807, 2.05) is 111 Å². The Morgan fingerprint density at radius 3 is 1.04 bits per heavy atom. The number of cyclic esters (lactones) is 5. The average Bonchev–Trinajstić information content (AvgIpc) is 1.60. The lowest BCUT2D eigenvalue weighted by atomic mass is 9.74. The van der Waals surface area contributed by atoms with Crippen LogP contribution in [0.2, 0.25) is 0 Å². The summed E-state index contributed by atoms with van der Waals surface area (Å²) in [5.41, 5.74) is -2.24. The summed E-state index contributed by atoms with van der Waals surface area (Å²) >= 11 is 0. The molecule has 15 aliphatic rings. The number of hydrogen-bond donors (Lipinski definition) is 0. The first-order valence-electron chi connectivity index (χ1n) is 38.6. The largest absolute Gasteiger partial charge is 0.465 e. The van der Waals surface area contributed by atoms with Crippen LogP contribution in [0.15, 0.2) is 0 Å². The van der Waals surface area contributed by atoms with Crippen LogP contribution in [-0.2, 0) is 105 Å². The quantitative estimate of drug-likeness (QED) is 0.0910. The second kappa shape index (κ2) is 31.1. The van der Waals surface area contributed by atoms with Gasteiger partial charge in [0.1, 0.15) is 30.5 Å². The number of carbonyl (C=O) groups excluding carboxylic acids is 10. The third-order valence-corrected chi connectivity index (χ3v) is 28.7. The Balaban J connectivity index is 0.000000149. The van der Waals surface area contributed by atoms with E-state index in [1.54, 1.807) is 7.11 Å². The molecule has 0 aromatic rings. The van der Waals surface area contributed by atoms with Gasteiger partial charge >= 0.3 is 59.7 Å². The number of carbonyl (C=O) groups is 10. The fourth-order valence-electron chi connectivity index (χ4n) is 20.4. The molecule has 103 heavy (non-hydrogen) atoms. The Kier molecular flexibility index (Phi) is 24.6. The van der Waals surface area contributed by atoms with Gasteiger partial charge in [-0.05, 0) is 177 Å².